The molecule has 0 aliphatic rings. The Morgan fingerprint density at radius 1 is 1.32 bits per heavy atom. The molecular formula is C14H16ClN3O. The van der Waals surface area contributed by atoms with Crippen LogP contribution in [0.15, 0.2) is 24.3 Å². The number of aryl methyl sites for hydroxylation is 1. The number of hydrogen-bond acceptors (Lipinski definition) is 2. The van der Waals surface area contributed by atoms with Gasteiger partial charge >= 0.3 is 0 Å². The molecule has 2 rings (SSSR count). The number of hydrogen-bond donors (Lipinski definition) is 1. The first-order valence-corrected chi connectivity index (χ1v) is 6.52. The molecule has 0 aliphatic heterocycles. The van der Waals surface area contributed by atoms with Gasteiger partial charge in [-0.25, -0.2) is 4.68 Å². The minimum Gasteiger partial charge on any atom is -0.326 e. The van der Waals surface area contributed by atoms with Crippen LogP contribution in [-0.2, 0) is 4.79 Å². The molecule has 100 valence electrons. The average molecular weight is 278 g/mol. The Balaban J connectivity index is 2.27. The van der Waals surface area contributed by atoms with Gasteiger partial charge in [0, 0.05) is 12.1 Å². The van der Waals surface area contributed by atoms with Crippen molar-refractivity contribution in [1.82, 2.24) is 9.78 Å². The number of nitrogens with one attached hydrogen (secondary N) is 1. The first-order chi connectivity index (χ1) is 9.02. The van der Waals surface area contributed by atoms with Gasteiger partial charge in [0.15, 0.2) is 0 Å². The monoisotopic (exact) mass is 277 g/mol. The van der Waals surface area contributed by atoms with Crippen molar-refractivity contribution < 1.29 is 4.79 Å². The largest absolute Gasteiger partial charge is 0.326 e. The summed E-state index contributed by atoms with van der Waals surface area (Å²) in [5.41, 5.74) is 3.41. The number of aromatic nitrogens is 2. The SMILES string of the molecule is CCC(=O)Nc1ccc(-n2nc(C)c(Cl)c2C)cc1. The van der Waals surface area contributed by atoms with Crippen LogP contribution in [0.3, 0.4) is 0 Å². The summed E-state index contributed by atoms with van der Waals surface area (Å²) >= 11 is 6.13. The molecule has 4 nitrogen and oxygen atoms in total. The lowest BCUT2D eigenvalue weighted by Crippen LogP contribution is -2.09. The molecule has 1 aromatic carbocycles. The minimum atomic E-state index is 0.00177. The van der Waals surface area contributed by atoms with Crippen molar-refractivity contribution in [3.63, 3.8) is 0 Å². The maximum absolute atomic E-state index is 11.3. The van der Waals surface area contributed by atoms with Crippen molar-refractivity contribution in [2.45, 2.75) is 27.2 Å². The van der Waals surface area contributed by atoms with Crippen LogP contribution < -0.4 is 5.32 Å². The first-order valence-electron chi connectivity index (χ1n) is 6.15. The van der Waals surface area contributed by atoms with E-state index < -0.39 is 0 Å². The molecule has 1 amide bonds. The Morgan fingerprint density at radius 3 is 2.42 bits per heavy atom. The Morgan fingerprint density at radius 2 is 1.95 bits per heavy atom. The van der Waals surface area contributed by atoms with Gasteiger partial charge in [0.05, 0.1) is 22.1 Å². The quantitative estimate of drug-likeness (QED) is 0.933. The lowest BCUT2D eigenvalue weighted by Gasteiger charge is -2.07. The van der Waals surface area contributed by atoms with Crippen LogP contribution in [0.4, 0.5) is 5.69 Å². The fraction of sp³-hybridized carbons (Fsp3) is 0.286. The Kier molecular flexibility index (Phi) is 3.90. The number of benzene rings is 1. The van der Waals surface area contributed by atoms with E-state index in [1.807, 2.05) is 45.0 Å². The molecule has 0 unspecified atom stereocenters. The van der Waals surface area contributed by atoms with E-state index in [9.17, 15) is 4.79 Å². The number of amides is 1. The number of carbonyl (C=O) groups is 1. The van der Waals surface area contributed by atoms with Crippen LogP contribution in [-0.4, -0.2) is 15.7 Å². The smallest absolute Gasteiger partial charge is 0.224 e. The topological polar surface area (TPSA) is 46.9 Å². The van der Waals surface area contributed by atoms with E-state index in [-0.39, 0.29) is 5.91 Å². The van der Waals surface area contributed by atoms with Crippen LogP contribution in [0.1, 0.15) is 24.7 Å². The Hall–Kier alpha value is -1.81. The van der Waals surface area contributed by atoms with Crippen molar-refractivity contribution in [3.05, 3.63) is 40.7 Å². The number of carbonyl (C=O) groups excluding carboxylic acids is 1. The highest BCUT2D eigenvalue weighted by Crippen LogP contribution is 2.23. The lowest BCUT2D eigenvalue weighted by molar-refractivity contribution is -0.115. The summed E-state index contributed by atoms with van der Waals surface area (Å²) < 4.78 is 1.79. The maximum atomic E-state index is 11.3. The van der Waals surface area contributed by atoms with Crippen molar-refractivity contribution in [1.29, 1.82) is 0 Å². The van der Waals surface area contributed by atoms with Gasteiger partial charge in [-0.2, -0.15) is 5.10 Å². The van der Waals surface area contributed by atoms with Gasteiger partial charge in [0.2, 0.25) is 5.91 Å². The van der Waals surface area contributed by atoms with Gasteiger partial charge in [0.25, 0.3) is 0 Å². The predicted octanol–water partition coefficient (Wildman–Crippen LogP) is 3.49. The lowest BCUT2D eigenvalue weighted by atomic mass is 10.2. The molecule has 1 heterocycles. The zero-order valence-electron chi connectivity index (χ0n) is 11.2. The molecule has 0 saturated carbocycles. The van der Waals surface area contributed by atoms with Crippen LogP contribution in [0.5, 0.6) is 0 Å². The molecule has 0 atom stereocenters. The van der Waals surface area contributed by atoms with Crippen molar-refractivity contribution in [2.75, 3.05) is 5.32 Å². The zero-order chi connectivity index (χ0) is 14.0. The number of anilines is 1. The molecular weight excluding hydrogens is 262 g/mol. The second-order valence-corrected chi connectivity index (χ2v) is 4.72. The molecule has 0 aliphatic carbocycles. The fourth-order valence-electron chi connectivity index (χ4n) is 1.81. The molecule has 0 saturated heterocycles. The summed E-state index contributed by atoms with van der Waals surface area (Å²) in [6.07, 6.45) is 0.467. The molecule has 2 aromatic rings. The molecule has 0 fully saturated rings. The fourth-order valence-corrected chi connectivity index (χ4v) is 1.93. The summed E-state index contributed by atoms with van der Waals surface area (Å²) in [6.45, 7) is 5.62. The molecule has 5 heteroatoms. The van der Waals surface area contributed by atoms with Crippen molar-refractivity contribution in [3.8, 4) is 5.69 Å². The van der Waals surface area contributed by atoms with Gasteiger partial charge in [-0.1, -0.05) is 18.5 Å². The van der Waals surface area contributed by atoms with E-state index in [1.54, 1.807) is 4.68 Å². The van der Waals surface area contributed by atoms with E-state index in [1.165, 1.54) is 0 Å². The predicted molar refractivity (Wildman–Crippen MR) is 77.0 cm³/mol. The van der Waals surface area contributed by atoms with Crippen LogP contribution in [0.25, 0.3) is 5.69 Å². The van der Waals surface area contributed by atoms with Crippen molar-refractivity contribution >= 4 is 23.2 Å². The maximum Gasteiger partial charge on any atom is 0.224 e. The van der Waals surface area contributed by atoms with E-state index in [2.05, 4.69) is 10.4 Å². The molecule has 0 bridgehead atoms. The molecule has 1 aromatic heterocycles. The van der Waals surface area contributed by atoms with Crippen LogP contribution in [0.2, 0.25) is 5.02 Å². The standard InChI is InChI=1S/C14H16ClN3O/c1-4-13(19)16-11-5-7-12(8-6-11)18-10(3)14(15)9(2)17-18/h5-8H,4H2,1-3H3,(H,16,19). The third-order valence-electron chi connectivity index (χ3n) is 2.92. The summed E-state index contributed by atoms with van der Waals surface area (Å²) in [6, 6.07) is 7.52. The second kappa shape index (κ2) is 5.45. The van der Waals surface area contributed by atoms with Gasteiger partial charge < -0.3 is 5.32 Å². The molecule has 1 N–H and O–H groups in total. The van der Waals surface area contributed by atoms with Gasteiger partial charge in [0.1, 0.15) is 0 Å². The van der Waals surface area contributed by atoms with E-state index in [4.69, 9.17) is 11.6 Å². The number of nitrogens with zero attached hydrogens (tertiary/aromatic N) is 2. The second-order valence-electron chi connectivity index (χ2n) is 4.35. The summed E-state index contributed by atoms with van der Waals surface area (Å²) in [4.78, 5) is 11.3. The zero-order valence-corrected chi connectivity index (χ0v) is 12.0. The van der Waals surface area contributed by atoms with Crippen LogP contribution >= 0.6 is 11.6 Å². The third kappa shape index (κ3) is 2.79. The summed E-state index contributed by atoms with van der Waals surface area (Å²) in [5.74, 6) is 0.00177. The Labute approximate surface area is 117 Å². The average Bonchev–Trinajstić information content (AvgIpc) is 2.67. The molecule has 0 spiro atoms. The number of rotatable bonds is 3. The van der Waals surface area contributed by atoms with E-state index in [0.717, 1.165) is 22.8 Å². The van der Waals surface area contributed by atoms with Gasteiger partial charge in [-0.05, 0) is 38.1 Å². The summed E-state index contributed by atoms with van der Waals surface area (Å²) in [5, 5.41) is 7.87. The van der Waals surface area contributed by atoms with Gasteiger partial charge in [-0.15, -0.1) is 0 Å². The third-order valence-corrected chi connectivity index (χ3v) is 3.47. The molecule has 19 heavy (non-hydrogen) atoms. The Bertz CT molecular complexity index is 602. The van der Waals surface area contributed by atoms with Crippen molar-refractivity contribution in [2.24, 2.45) is 0 Å². The van der Waals surface area contributed by atoms with E-state index in [0.29, 0.717) is 11.4 Å². The van der Waals surface area contributed by atoms with E-state index >= 15 is 0 Å². The van der Waals surface area contributed by atoms with Gasteiger partial charge in [-0.3, -0.25) is 4.79 Å². The number of halogens is 1. The summed E-state index contributed by atoms with van der Waals surface area (Å²) in [7, 11) is 0. The van der Waals surface area contributed by atoms with Crippen LogP contribution in [0, 0.1) is 13.8 Å². The minimum absolute atomic E-state index is 0.00177. The molecule has 0 radical (unpaired) electrons. The highest BCUT2D eigenvalue weighted by atomic mass is 35.5. The highest BCUT2D eigenvalue weighted by molar-refractivity contribution is 6.31. The first kappa shape index (κ1) is 13.6. The normalized spacial score (nSPS) is 10.5. The highest BCUT2D eigenvalue weighted by Gasteiger charge is 2.10.